The van der Waals surface area contributed by atoms with E-state index in [4.69, 9.17) is 4.74 Å². The topological polar surface area (TPSA) is 61.8 Å². The van der Waals surface area contributed by atoms with Crippen LogP contribution in [0.5, 0.6) is 5.75 Å². The molecule has 1 fully saturated rings. The van der Waals surface area contributed by atoms with Gasteiger partial charge < -0.3 is 20.1 Å². The predicted octanol–water partition coefficient (Wildman–Crippen LogP) is 2.25. The SMILES string of the molecule is COc1ccc(NC(=O)C2CCN(C(C)C)CC2)cc1CO. The van der Waals surface area contributed by atoms with Crippen molar-refractivity contribution in [2.45, 2.75) is 39.3 Å². The summed E-state index contributed by atoms with van der Waals surface area (Å²) in [5.41, 5.74) is 1.39. The molecule has 22 heavy (non-hydrogen) atoms. The number of nitrogens with zero attached hydrogens (tertiary/aromatic N) is 1. The number of methoxy groups -OCH3 is 1. The number of aliphatic hydroxyl groups excluding tert-OH is 1. The fraction of sp³-hybridized carbons (Fsp3) is 0.588. The van der Waals surface area contributed by atoms with Crippen LogP contribution in [0.15, 0.2) is 18.2 Å². The normalized spacial score (nSPS) is 16.8. The number of rotatable bonds is 5. The van der Waals surface area contributed by atoms with Crippen molar-refractivity contribution in [3.05, 3.63) is 23.8 Å². The summed E-state index contributed by atoms with van der Waals surface area (Å²) in [6.45, 7) is 6.21. The summed E-state index contributed by atoms with van der Waals surface area (Å²) >= 11 is 0. The van der Waals surface area contributed by atoms with E-state index in [0.29, 0.717) is 23.0 Å². The van der Waals surface area contributed by atoms with Gasteiger partial charge in [-0.15, -0.1) is 0 Å². The number of likely N-dealkylation sites (tertiary alicyclic amines) is 1. The molecule has 1 aromatic carbocycles. The van der Waals surface area contributed by atoms with Crippen LogP contribution < -0.4 is 10.1 Å². The van der Waals surface area contributed by atoms with Gasteiger partial charge in [0.2, 0.25) is 5.91 Å². The van der Waals surface area contributed by atoms with Crippen molar-refractivity contribution in [1.29, 1.82) is 0 Å². The van der Waals surface area contributed by atoms with Gasteiger partial charge in [0.05, 0.1) is 13.7 Å². The van der Waals surface area contributed by atoms with Crippen molar-refractivity contribution in [2.24, 2.45) is 5.92 Å². The van der Waals surface area contributed by atoms with Crippen molar-refractivity contribution < 1.29 is 14.6 Å². The summed E-state index contributed by atoms with van der Waals surface area (Å²) < 4.78 is 5.17. The van der Waals surface area contributed by atoms with Crippen LogP contribution in [-0.4, -0.2) is 42.2 Å². The van der Waals surface area contributed by atoms with Crippen molar-refractivity contribution >= 4 is 11.6 Å². The van der Waals surface area contributed by atoms with Crippen LogP contribution in [0.25, 0.3) is 0 Å². The first-order valence-corrected chi connectivity index (χ1v) is 7.87. The summed E-state index contributed by atoms with van der Waals surface area (Å²) in [6, 6.07) is 5.87. The van der Waals surface area contributed by atoms with Crippen LogP contribution >= 0.6 is 0 Å². The zero-order valence-electron chi connectivity index (χ0n) is 13.6. The van der Waals surface area contributed by atoms with Crippen molar-refractivity contribution in [1.82, 2.24) is 4.90 Å². The standard InChI is InChI=1S/C17H26N2O3/c1-12(2)19-8-6-13(7-9-19)17(21)18-15-4-5-16(22-3)14(10-15)11-20/h4-5,10,12-13,20H,6-9,11H2,1-3H3,(H,18,21). The maximum Gasteiger partial charge on any atom is 0.227 e. The first kappa shape index (κ1) is 16.8. The van der Waals surface area contributed by atoms with E-state index in [-0.39, 0.29) is 18.4 Å². The van der Waals surface area contributed by atoms with Gasteiger partial charge >= 0.3 is 0 Å². The maximum atomic E-state index is 12.4. The average Bonchev–Trinajstić information content (AvgIpc) is 2.54. The fourth-order valence-corrected chi connectivity index (χ4v) is 2.90. The molecule has 1 aromatic rings. The molecule has 0 unspecified atom stereocenters. The number of ether oxygens (including phenoxy) is 1. The molecule has 0 aromatic heterocycles. The Kier molecular flexibility index (Phi) is 5.80. The highest BCUT2D eigenvalue weighted by Gasteiger charge is 2.26. The molecule has 2 N–H and O–H groups in total. The van der Waals surface area contributed by atoms with Gasteiger partial charge in [-0.3, -0.25) is 4.79 Å². The predicted molar refractivity (Wildman–Crippen MR) is 87.0 cm³/mol. The highest BCUT2D eigenvalue weighted by molar-refractivity contribution is 5.92. The van der Waals surface area contributed by atoms with Crippen LogP contribution in [0.1, 0.15) is 32.3 Å². The van der Waals surface area contributed by atoms with Crippen LogP contribution in [-0.2, 0) is 11.4 Å². The molecular weight excluding hydrogens is 280 g/mol. The number of nitrogens with one attached hydrogen (secondary N) is 1. The molecule has 1 aliphatic heterocycles. The Labute approximate surface area is 132 Å². The number of hydrogen-bond donors (Lipinski definition) is 2. The largest absolute Gasteiger partial charge is 0.496 e. The van der Waals surface area contributed by atoms with E-state index in [9.17, 15) is 9.90 Å². The van der Waals surface area contributed by atoms with Gasteiger partial charge in [-0.25, -0.2) is 0 Å². The fourth-order valence-electron chi connectivity index (χ4n) is 2.90. The minimum Gasteiger partial charge on any atom is -0.496 e. The van der Waals surface area contributed by atoms with Crippen LogP contribution in [0.2, 0.25) is 0 Å². The highest BCUT2D eigenvalue weighted by Crippen LogP contribution is 2.25. The van der Waals surface area contributed by atoms with E-state index in [2.05, 4.69) is 24.1 Å². The first-order valence-electron chi connectivity index (χ1n) is 7.87. The summed E-state index contributed by atoms with van der Waals surface area (Å²) in [7, 11) is 1.56. The third kappa shape index (κ3) is 3.99. The molecule has 5 heteroatoms. The number of hydrogen-bond acceptors (Lipinski definition) is 4. The number of aliphatic hydroxyl groups is 1. The van der Waals surface area contributed by atoms with Crippen LogP contribution in [0.4, 0.5) is 5.69 Å². The Morgan fingerprint density at radius 3 is 2.64 bits per heavy atom. The van der Waals surface area contributed by atoms with E-state index >= 15 is 0 Å². The van der Waals surface area contributed by atoms with Gasteiger partial charge in [-0.1, -0.05) is 0 Å². The number of benzene rings is 1. The minimum atomic E-state index is -0.111. The third-order valence-electron chi connectivity index (χ3n) is 4.35. The lowest BCUT2D eigenvalue weighted by Gasteiger charge is -2.33. The van der Waals surface area contributed by atoms with Gasteiger partial charge in [-0.05, 0) is 58.0 Å². The van der Waals surface area contributed by atoms with E-state index in [0.717, 1.165) is 25.9 Å². The molecule has 2 rings (SSSR count). The maximum absolute atomic E-state index is 12.4. The second-order valence-corrected chi connectivity index (χ2v) is 6.08. The number of carbonyl (C=O) groups excluding carboxylic acids is 1. The second kappa shape index (κ2) is 7.61. The van der Waals surface area contributed by atoms with Crippen molar-refractivity contribution in [3.63, 3.8) is 0 Å². The minimum absolute atomic E-state index is 0.0645. The molecule has 0 bridgehead atoms. The first-order chi connectivity index (χ1) is 10.5. The summed E-state index contributed by atoms with van der Waals surface area (Å²) in [6.07, 6.45) is 1.79. The van der Waals surface area contributed by atoms with E-state index in [1.807, 2.05) is 0 Å². The number of carbonyl (C=O) groups is 1. The molecule has 5 nitrogen and oxygen atoms in total. The van der Waals surface area contributed by atoms with Gasteiger partial charge in [0.15, 0.2) is 0 Å². The summed E-state index contributed by atoms with van der Waals surface area (Å²) in [5, 5.41) is 12.3. The quantitative estimate of drug-likeness (QED) is 0.876. The zero-order chi connectivity index (χ0) is 16.1. The zero-order valence-corrected chi connectivity index (χ0v) is 13.6. The van der Waals surface area contributed by atoms with Crippen LogP contribution in [0.3, 0.4) is 0 Å². The molecule has 0 saturated carbocycles. The molecule has 1 saturated heterocycles. The number of piperidine rings is 1. The van der Waals surface area contributed by atoms with E-state index < -0.39 is 0 Å². The van der Waals surface area contributed by atoms with Crippen molar-refractivity contribution in [3.8, 4) is 5.75 Å². The second-order valence-electron chi connectivity index (χ2n) is 6.08. The molecule has 1 heterocycles. The van der Waals surface area contributed by atoms with Gasteiger partial charge in [0.1, 0.15) is 5.75 Å². The highest BCUT2D eigenvalue weighted by atomic mass is 16.5. The number of anilines is 1. The molecule has 1 amide bonds. The molecule has 0 spiro atoms. The van der Waals surface area contributed by atoms with Gasteiger partial charge in [0, 0.05) is 23.2 Å². The summed E-state index contributed by atoms with van der Waals surface area (Å²) in [4.78, 5) is 14.8. The Balaban J connectivity index is 1.95. The van der Waals surface area contributed by atoms with Gasteiger partial charge in [-0.2, -0.15) is 0 Å². The lowest BCUT2D eigenvalue weighted by atomic mass is 9.95. The molecular formula is C17H26N2O3. The Morgan fingerprint density at radius 2 is 2.09 bits per heavy atom. The van der Waals surface area contributed by atoms with Crippen molar-refractivity contribution in [2.75, 3.05) is 25.5 Å². The van der Waals surface area contributed by atoms with E-state index in [1.54, 1.807) is 25.3 Å². The van der Waals surface area contributed by atoms with Crippen LogP contribution in [0, 0.1) is 5.92 Å². The van der Waals surface area contributed by atoms with Gasteiger partial charge in [0.25, 0.3) is 0 Å². The Morgan fingerprint density at radius 1 is 1.41 bits per heavy atom. The molecule has 0 aliphatic carbocycles. The monoisotopic (exact) mass is 306 g/mol. The molecule has 122 valence electrons. The third-order valence-corrected chi connectivity index (χ3v) is 4.35. The van der Waals surface area contributed by atoms with E-state index in [1.165, 1.54) is 0 Å². The smallest absolute Gasteiger partial charge is 0.227 e. The molecule has 1 aliphatic rings. The molecule has 0 atom stereocenters. The molecule has 0 radical (unpaired) electrons. The average molecular weight is 306 g/mol. The lowest BCUT2D eigenvalue weighted by Crippen LogP contribution is -2.41. The lowest BCUT2D eigenvalue weighted by molar-refractivity contribution is -0.121. The summed E-state index contributed by atoms with van der Waals surface area (Å²) in [5.74, 6) is 0.762. The Bertz CT molecular complexity index is 509. The Hall–Kier alpha value is -1.59. The number of amides is 1.